The van der Waals surface area contributed by atoms with Crippen molar-refractivity contribution in [2.75, 3.05) is 13.2 Å². The average molecular weight is 331 g/mol. The maximum atomic E-state index is 14.0. The highest BCUT2D eigenvalue weighted by molar-refractivity contribution is 5.95. The summed E-state index contributed by atoms with van der Waals surface area (Å²) in [7, 11) is 0. The zero-order chi connectivity index (χ0) is 17.1. The van der Waals surface area contributed by atoms with Gasteiger partial charge in [0, 0.05) is 23.7 Å². The predicted octanol–water partition coefficient (Wildman–Crippen LogP) is 3.62. The molecule has 24 heavy (non-hydrogen) atoms. The molecule has 0 saturated carbocycles. The highest BCUT2D eigenvalue weighted by Crippen LogP contribution is 2.26. The van der Waals surface area contributed by atoms with Crippen molar-refractivity contribution in [3.05, 3.63) is 59.7 Å². The summed E-state index contributed by atoms with van der Waals surface area (Å²) in [4.78, 5) is 14.4. The van der Waals surface area contributed by atoms with Crippen molar-refractivity contribution in [2.24, 2.45) is 0 Å². The lowest BCUT2D eigenvalue weighted by atomic mass is 9.99. The minimum Gasteiger partial charge on any atom is -0.394 e. The summed E-state index contributed by atoms with van der Waals surface area (Å²) in [6.07, 6.45) is 2.69. The van der Waals surface area contributed by atoms with Gasteiger partial charge < -0.3 is 10.0 Å². The van der Waals surface area contributed by atoms with E-state index in [2.05, 4.69) is 0 Å². The first-order valence-corrected chi connectivity index (χ1v) is 8.07. The number of carbonyl (C=O) groups excluding carboxylic acids is 1. The van der Waals surface area contributed by atoms with Crippen LogP contribution in [0.5, 0.6) is 0 Å². The molecule has 3 rings (SSSR count). The lowest BCUT2D eigenvalue weighted by molar-refractivity contribution is 0.0503. The molecule has 0 spiro atoms. The number of piperidine rings is 1. The van der Waals surface area contributed by atoms with Gasteiger partial charge in [-0.25, -0.2) is 8.78 Å². The first-order chi connectivity index (χ1) is 11.6. The second kappa shape index (κ2) is 7.09. The van der Waals surface area contributed by atoms with E-state index in [0.717, 1.165) is 25.3 Å². The lowest BCUT2D eigenvalue weighted by Gasteiger charge is -2.34. The van der Waals surface area contributed by atoms with Gasteiger partial charge in [-0.15, -0.1) is 0 Å². The van der Waals surface area contributed by atoms with Crippen LogP contribution in [0.4, 0.5) is 8.78 Å². The van der Waals surface area contributed by atoms with E-state index < -0.39 is 11.6 Å². The normalized spacial score (nSPS) is 17.8. The molecular formula is C19H19F2NO2. The second-order valence-electron chi connectivity index (χ2n) is 6.04. The predicted molar refractivity (Wildman–Crippen MR) is 87.6 cm³/mol. The zero-order valence-electron chi connectivity index (χ0n) is 13.2. The van der Waals surface area contributed by atoms with E-state index in [4.69, 9.17) is 0 Å². The number of amides is 1. The molecule has 0 aliphatic carbocycles. The van der Waals surface area contributed by atoms with Crippen molar-refractivity contribution in [3.8, 4) is 11.1 Å². The minimum absolute atomic E-state index is 0.0575. The summed E-state index contributed by atoms with van der Waals surface area (Å²) in [5.41, 5.74) is 1.22. The molecule has 0 aromatic heterocycles. The monoisotopic (exact) mass is 331 g/mol. The molecule has 1 aliphatic heterocycles. The van der Waals surface area contributed by atoms with Crippen LogP contribution in [-0.2, 0) is 0 Å². The van der Waals surface area contributed by atoms with Gasteiger partial charge in [-0.3, -0.25) is 4.79 Å². The number of rotatable bonds is 3. The number of aliphatic hydroxyl groups is 1. The van der Waals surface area contributed by atoms with E-state index in [9.17, 15) is 18.7 Å². The SMILES string of the molecule is O=C(c1cccc(-c2ccc(F)cc2F)c1)N1CCCCC1CO. The van der Waals surface area contributed by atoms with Gasteiger partial charge in [0.25, 0.3) is 5.91 Å². The Kier molecular flexibility index (Phi) is 4.90. The van der Waals surface area contributed by atoms with Crippen LogP contribution in [-0.4, -0.2) is 35.1 Å². The molecule has 1 N–H and O–H groups in total. The molecule has 3 nitrogen and oxygen atoms in total. The quantitative estimate of drug-likeness (QED) is 0.933. The van der Waals surface area contributed by atoms with Gasteiger partial charge in [0.2, 0.25) is 0 Å². The van der Waals surface area contributed by atoms with Crippen LogP contribution in [0.2, 0.25) is 0 Å². The molecular weight excluding hydrogens is 312 g/mol. The summed E-state index contributed by atoms with van der Waals surface area (Å²) in [6, 6.07) is 9.88. The molecule has 126 valence electrons. The first kappa shape index (κ1) is 16.6. The molecule has 2 aromatic carbocycles. The van der Waals surface area contributed by atoms with Gasteiger partial charge in [0.15, 0.2) is 0 Å². The molecule has 1 amide bonds. The largest absolute Gasteiger partial charge is 0.394 e. The number of likely N-dealkylation sites (tertiary alicyclic amines) is 1. The summed E-state index contributed by atoms with van der Waals surface area (Å²) < 4.78 is 27.0. The Bertz CT molecular complexity index is 748. The zero-order valence-corrected chi connectivity index (χ0v) is 13.2. The number of halogens is 2. The molecule has 1 fully saturated rings. The van der Waals surface area contributed by atoms with Crippen molar-refractivity contribution in [3.63, 3.8) is 0 Å². The maximum absolute atomic E-state index is 14.0. The molecule has 0 radical (unpaired) electrons. The van der Waals surface area contributed by atoms with Gasteiger partial charge in [-0.2, -0.15) is 0 Å². The number of aliphatic hydroxyl groups excluding tert-OH is 1. The van der Waals surface area contributed by atoms with E-state index in [1.54, 1.807) is 29.2 Å². The van der Waals surface area contributed by atoms with Crippen LogP contribution >= 0.6 is 0 Å². The van der Waals surface area contributed by atoms with Gasteiger partial charge in [-0.05, 0) is 49.1 Å². The van der Waals surface area contributed by atoms with Crippen molar-refractivity contribution >= 4 is 5.91 Å². The van der Waals surface area contributed by atoms with E-state index in [1.165, 1.54) is 12.1 Å². The lowest BCUT2D eigenvalue weighted by Crippen LogP contribution is -2.45. The fraction of sp³-hybridized carbons (Fsp3) is 0.316. The third-order valence-electron chi connectivity index (χ3n) is 4.45. The third-order valence-corrected chi connectivity index (χ3v) is 4.45. The molecule has 1 saturated heterocycles. The minimum atomic E-state index is -0.661. The Hall–Kier alpha value is -2.27. The van der Waals surface area contributed by atoms with E-state index in [0.29, 0.717) is 17.7 Å². The number of nitrogens with zero attached hydrogens (tertiary/aromatic N) is 1. The van der Waals surface area contributed by atoms with Crippen LogP contribution in [0.1, 0.15) is 29.6 Å². The van der Waals surface area contributed by atoms with Crippen LogP contribution in [0, 0.1) is 11.6 Å². The molecule has 1 atom stereocenters. The smallest absolute Gasteiger partial charge is 0.254 e. The fourth-order valence-corrected chi connectivity index (χ4v) is 3.17. The molecule has 1 heterocycles. The van der Waals surface area contributed by atoms with Crippen molar-refractivity contribution in [1.82, 2.24) is 4.90 Å². The molecule has 1 aliphatic rings. The van der Waals surface area contributed by atoms with E-state index >= 15 is 0 Å². The second-order valence-corrected chi connectivity index (χ2v) is 6.04. The van der Waals surface area contributed by atoms with Crippen molar-refractivity contribution in [2.45, 2.75) is 25.3 Å². The topological polar surface area (TPSA) is 40.5 Å². The summed E-state index contributed by atoms with van der Waals surface area (Å²) in [5, 5.41) is 9.47. The van der Waals surface area contributed by atoms with Gasteiger partial charge in [0.05, 0.1) is 12.6 Å². The Morgan fingerprint density at radius 2 is 2.00 bits per heavy atom. The maximum Gasteiger partial charge on any atom is 0.254 e. The first-order valence-electron chi connectivity index (χ1n) is 8.07. The molecule has 5 heteroatoms. The standard InChI is InChI=1S/C19H19F2NO2/c20-15-7-8-17(18(21)11-15)13-4-3-5-14(10-13)19(24)22-9-2-1-6-16(22)12-23/h3-5,7-8,10-11,16,23H,1-2,6,9,12H2. The number of carbonyl (C=O) groups is 1. The van der Waals surface area contributed by atoms with Crippen LogP contribution in [0.3, 0.4) is 0 Å². The highest BCUT2D eigenvalue weighted by Gasteiger charge is 2.27. The Labute approximate surface area is 139 Å². The molecule has 1 unspecified atom stereocenters. The summed E-state index contributed by atoms with van der Waals surface area (Å²) >= 11 is 0. The summed E-state index contributed by atoms with van der Waals surface area (Å²) in [5.74, 6) is -1.47. The van der Waals surface area contributed by atoms with E-state index in [-0.39, 0.29) is 24.1 Å². The highest BCUT2D eigenvalue weighted by atomic mass is 19.1. The summed E-state index contributed by atoms with van der Waals surface area (Å²) in [6.45, 7) is 0.553. The Morgan fingerprint density at radius 3 is 2.75 bits per heavy atom. The van der Waals surface area contributed by atoms with Crippen molar-refractivity contribution in [1.29, 1.82) is 0 Å². The van der Waals surface area contributed by atoms with Crippen LogP contribution < -0.4 is 0 Å². The van der Waals surface area contributed by atoms with Gasteiger partial charge >= 0.3 is 0 Å². The molecule has 0 bridgehead atoms. The third kappa shape index (κ3) is 3.31. The number of hydrogen-bond donors (Lipinski definition) is 1. The fourth-order valence-electron chi connectivity index (χ4n) is 3.17. The molecule has 2 aromatic rings. The number of benzene rings is 2. The van der Waals surface area contributed by atoms with Crippen molar-refractivity contribution < 1.29 is 18.7 Å². The van der Waals surface area contributed by atoms with Gasteiger partial charge in [0.1, 0.15) is 11.6 Å². The Morgan fingerprint density at radius 1 is 1.17 bits per heavy atom. The van der Waals surface area contributed by atoms with Crippen LogP contribution in [0.15, 0.2) is 42.5 Å². The Balaban J connectivity index is 1.91. The van der Waals surface area contributed by atoms with Gasteiger partial charge in [-0.1, -0.05) is 12.1 Å². The number of hydrogen-bond acceptors (Lipinski definition) is 2. The average Bonchev–Trinajstić information content (AvgIpc) is 2.61. The van der Waals surface area contributed by atoms with E-state index in [1.807, 2.05) is 0 Å². The van der Waals surface area contributed by atoms with Crippen LogP contribution in [0.25, 0.3) is 11.1 Å².